The van der Waals surface area contributed by atoms with Gasteiger partial charge in [0.15, 0.2) is 0 Å². The van der Waals surface area contributed by atoms with Gasteiger partial charge in [0.2, 0.25) is 0 Å². The largest absolute Gasteiger partial charge is 0.389 e. The van der Waals surface area contributed by atoms with E-state index < -0.39 is 5.60 Å². The maximum Gasteiger partial charge on any atom is 0.0728 e. The number of nitrogens with one attached hydrogen (secondary N) is 1. The summed E-state index contributed by atoms with van der Waals surface area (Å²) in [5.41, 5.74) is -0.693. The summed E-state index contributed by atoms with van der Waals surface area (Å²) in [4.78, 5) is 2.33. The minimum absolute atomic E-state index is 0.411. The van der Waals surface area contributed by atoms with Gasteiger partial charge in [0.05, 0.1) is 5.60 Å². The molecule has 44 valence electrons. The molecule has 0 aromatic rings. The van der Waals surface area contributed by atoms with Gasteiger partial charge in [-0.05, 0) is 25.6 Å². The molecule has 3 heteroatoms. The molecular weight excluding hydrogens is 114 g/mol. The highest BCUT2D eigenvalue weighted by molar-refractivity contribution is 6.13. The second-order valence-electron chi connectivity index (χ2n) is 2.12. The molecule has 0 unspecified atom stereocenters. The van der Waals surface area contributed by atoms with Crippen molar-refractivity contribution in [2.75, 3.05) is 6.54 Å². The van der Waals surface area contributed by atoms with Gasteiger partial charge in [-0.3, -0.25) is 0 Å². The predicted molar refractivity (Wildman–Crippen MR) is 30.2 cm³/mol. The van der Waals surface area contributed by atoms with Crippen LogP contribution in [0.5, 0.6) is 0 Å². The topological polar surface area (TPSA) is 32.3 Å². The van der Waals surface area contributed by atoms with Crippen LogP contribution in [0.2, 0.25) is 0 Å². The lowest BCUT2D eigenvalue weighted by Gasteiger charge is -2.13. The third-order valence-corrected chi connectivity index (χ3v) is 0.633. The first-order valence-electron chi connectivity index (χ1n) is 2.12. The van der Waals surface area contributed by atoms with Crippen molar-refractivity contribution >= 4 is 11.8 Å². The molecule has 2 nitrogen and oxygen atoms in total. The fourth-order valence-electron chi connectivity index (χ4n) is 0.164. The molecule has 0 heterocycles. The van der Waals surface area contributed by atoms with Crippen LogP contribution in [-0.4, -0.2) is 17.3 Å². The van der Waals surface area contributed by atoms with Crippen molar-refractivity contribution in [1.82, 2.24) is 4.84 Å². The highest BCUT2D eigenvalue weighted by Crippen LogP contribution is 1.96. The Morgan fingerprint density at radius 2 is 2.14 bits per heavy atom. The lowest BCUT2D eigenvalue weighted by atomic mass is 10.1. The Hall–Kier alpha value is 0.210. The zero-order valence-electron chi connectivity index (χ0n) is 4.53. The Labute approximate surface area is 48.6 Å². The Morgan fingerprint density at radius 1 is 1.71 bits per heavy atom. The summed E-state index contributed by atoms with van der Waals surface area (Å²) in [6, 6.07) is 0. The second-order valence-corrected chi connectivity index (χ2v) is 2.39. The molecule has 0 atom stereocenters. The van der Waals surface area contributed by atoms with E-state index in [2.05, 4.69) is 4.84 Å². The van der Waals surface area contributed by atoms with Gasteiger partial charge in [0.1, 0.15) is 0 Å². The van der Waals surface area contributed by atoms with Crippen molar-refractivity contribution in [3.05, 3.63) is 0 Å². The summed E-state index contributed by atoms with van der Waals surface area (Å²) in [5.74, 6) is 0. The molecule has 0 saturated heterocycles. The van der Waals surface area contributed by atoms with Gasteiger partial charge in [0.25, 0.3) is 0 Å². The fourth-order valence-corrected chi connectivity index (χ4v) is 0.491. The second kappa shape index (κ2) is 2.50. The molecular formula is C4H10ClNO. The quantitative estimate of drug-likeness (QED) is 0.525. The number of rotatable bonds is 2. The predicted octanol–water partition coefficient (Wildman–Crippen LogP) is 0.501. The molecule has 0 radical (unpaired) electrons. The van der Waals surface area contributed by atoms with E-state index in [1.807, 2.05) is 0 Å². The minimum Gasteiger partial charge on any atom is -0.389 e. The number of halogens is 1. The lowest BCUT2D eigenvalue weighted by Crippen LogP contribution is -2.29. The zero-order chi connectivity index (χ0) is 5.91. The van der Waals surface area contributed by atoms with Crippen LogP contribution in [-0.2, 0) is 0 Å². The molecule has 7 heavy (non-hydrogen) atoms. The molecule has 0 spiro atoms. The van der Waals surface area contributed by atoms with Gasteiger partial charge in [-0.25, -0.2) is 4.84 Å². The summed E-state index contributed by atoms with van der Waals surface area (Å²) in [6.45, 7) is 3.78. The molecule has 0 amide bonds. The first-order valence-corrected chi connectivity index (χ1v) is 2.50. The van der Waals surface area contributed by atoms with Gasteiger partial charge in [-0.1, -0.05) is 0 Å². The average Bonchev–Trinajstić information content (AvgIpc) is 1.30. The van der Waals surface area contributed by atoms with Crippen LogP contribution in [0.25, 0.3) is 0 Å². The maximum atomic E-state index is 8.87. The van der Waals surface area contributed by atoms with E-state index in [0.29, 0.717) is 6.54 Å². The van der Waals surface area contributed by atoms with Crippen LogP contribution in [0.1, 0.15) is 13.8 Å². The van der Waals surface area contributed by atoms with Crippen LogP contribution >= 0.6 is 11.8 Å². The normalized spacial score (nSPS) is 12.0. The van der Waals surface area contributed by atoms with Crippen molar-refractivity contribution < 1.29 is 5.11 Å². The van der Waals surface area contributed by atoms with Crippen LogP contribution in [0.3, 0.4) is 0 Å². The molecule has 0 bridgehead atoms. The first kappa shape index (κ1) is 7.21. The Kier molecular flexibility index (Phi) is 2.58. The van der Waals surface area contributed by atoms with Crippen LogP contribution in [0.4, 0.5) is 0 Å². The highest BCUT2D eigenvalue weighted by Gasteiger charge is 2.09. The molecule has 0 aliphatic carbocycles. The van der Waals surface area contributed by atoms with E-state index in [4.69, 9.17) is 16.9 Å². The fraction of sp³-hybridized carbons (Fsp3) is 1.00. The highest BCUT2D eigenvalue weighted by atomic mass is 35.5. The standard InChI is InChI=1S/C4H10ClNO/c1-4(2,7)3-6-5/h6-7H,3H2,1-2H3. The van der Waals surface area contributed by atoms with Crippen molar-refractivity contribution in [1.29, 1.82) is 0 Å². The van der Waals surface area contributed by atoms with Crippen LogP contribution < -0.4 is 4.84 Å². The van der Waals surface area contributed by atoms with E-state index >= 15 is 0 Å². The summed E-state index contributed by atoms with van der Waals surface area (Å²) in [5, 5.41) is 8.87. The van der Waals surface area contributed by atoms with Crippen LogP contribution in [0, 0.1) is 0 Å². The molecule has 0 aliphatic heterocycles. The Morgan fingerprint density at radius 3 is 2.14 bits per heavy atom. The van der Waals surface area contributed by atoms with Crippen molar-refractivity contribution in [2.45, 2.75) is 19.4 Å². The molecule has 0 fully saturated rings. The molecule has 0 aromatic carbocycles. The summed E-state index contributed by atoms with van der Waals surface area (Å²) < 4.78 is 0. The first-order chi connectivity index (χ1) is 3.06. The minimum atomic E-state index is -0.693. The number of hydrogen-bond acceptors (Lipinski definition) is 2. The Balaban J connectivity index is 3.15. The molecule has 2 N–H and O–H groups in total. The zero-order valence-corrected chi connectivity index (χ0v) is 5.29. The van der Waals surface area contributed by atoms with Gasteiger partial charge < -0.3 is 5.11 Å². The van der Waals surface area contributed by atoms with Crippen molar-refractivity contribution in [2.24, 2.45) is 0 Å². The third kappa shape index (κ3) is 6.21. The van der Waals surface area contributed by atoms with E-state index in [1.54, 1.807) is 13.8 Å². The Bertz CT molecular complexity index is 50.1. The van der Waals surface area contributed by atoms with E-state index in [1.165, 1.54) is 0 Å². The van der Waals surface area contributed by atoms with E-state index in [-0.39, 0.29) is 0 Å². The summed E-state index contributed by atoms with van der Waals surface area (Å²) in [6.07, 6.45) is 0. The third-order valence-electron chi connectivity index (χ3n) is 0.499. The van der Waals surface area contributed by atoms with Gasteiger partial charge >= 0.3 is 0 Å². The molecule has 0 aromatic heterocycles. The number of aliphatic hydroxyl groups is 1. The average molecular weight is 124 g/mol. The molecule has 0 saturated carbocycles. The van der Waals surface area contributed by atoms with E-state index in [9.17, 15) is 0 Å². The van der Waals surface area contributed by atoms with E-state index in [0.717, 1.165) is 0 Å². The molecule has 0 rings (SSSR count). The van der Waals surface area contributed by atoms with Gasteiger partial charge in [-0.2, -0.15) is 0 Å². The van der Waals surface area contributed by atoms with Crippen molar-refractivity contribution in [3.8, 4) is 0 Å². The molecule has 0 aliphatic rings. The summed E-state index contributed by atoms with van der Waals surface area (Å²) >= 11 is 5.08. The summed E-state index contributed by atoms with van der Waals surface area (Å²) in [7, 11) is 0. The monoisotopic (exact) mass is 123 g/mol. The van der Waals surface area contributed by atoms with Crippen molar-refractivity contribution in [3.63, 3.8) is 0 Å². The van der Waals surface area contributed by atoms with Gasteiger partial charge in [0, 0.05) is 6.54 Å². The maximum absolute atomic E-state index is 8.87. The SMILES string of the molecule is CC(C)(O)CNCl. The van der Waals surface area contributed by atoms with Gasteiger partial charge in [-0.15, -0.1) is 0 Å². The smallest absolute Gasteiger partial charge is 0.0728 e. The van der Waals surface area contributed by atoms with Crippen LogP contribution in [0.15, 0.2) is 0 Å². The number of hydrogen-bond donors (Lipinski definition) is 2. The lowest BCUT2D eigenvalue weighted by molar-refractivity contribution is 0.0860.